The highest BCUT2D eigenvalue weighted by molar-refractivity contribution is 5.83. The molecule has 0 amide bonds. The first kappa shape index (κ1) is 31.1. The second kappa shape index (κ2) is 12.3. The topological polar surface area (TPSA) is 132 Å². The SMILES string of the molecule is C=CCCCCCCCC(=O)O[C@H](C)C(=O)O[C@@H](C)C(=O)OC1=CC[C@@]2(O)[C@H]3Cc4ccc(O)c5c4C2(CCN3C)C1O5. The van der Waals surface area contributed by atoms with Crippen LogP contribution in [0.5, 0.6) is 11.5 Å². The molecular weight excluding hydrogens is 554 g/mol. The van der Waals surface area contributed by atoms with Gasteiger partial charge in [-0.25, -0.2) is 9.59 Å². The van der Waals surface area contributed by atoms with Crippen molar-refractivity contribution in [3.8, 4) is 11.5 Å². The van der Waals surface area contributed by atoms with Gasteiger partial charge in [-0.05, 0) is 77.2 Å². The second-order valence-electron chi connectivity index (χ2n) is 12.3. The average Bonchev–Trinajstić information content (AvgIpc) is 3.33. The number of esters is 3. The van der Waals surface area contributed by atoms with Crippen LogP contribution in [0.3, 0.4) is 0 Å². The number of likely N-dealkylation sites (N-methyl/N-ethyl adjacent to an activating group) is 1. The smallest absolute Gasteiger partial charge is 0.352 e. The average molecular weight is 598 g/mol. The molecule has 2 heterocycles. The fraction of sp³-hybridized carbons (Fsp3) is 0.606. The van der Waals surface area contributed by atoms with Crippen LogP contribution < -0.4 is 4.74 Å². The third-order valence-corrected chi connectivity index (χ3v) is 9.63. The summed E-state index contributed by atoms with van der Waals surface area (Å²) in [6.07, 6.45) is 7.61. The van der Waals surface area contributed by atoms with Crippen molar-refractivity contribution in [1.82, 2.24) is 4.90 Å². The summed E-state index contributed by atoms with van der Waals surface area (Å²) in [6, 6.07) is 3.30. The molecule has 1 spiro atoms. The molecule has 1 saturated heterocycles. The molecule has 2 aliphatic heterocycles. The first-order valence-corrected chi connectivity index (χ1v) is 15.4. The number of phenols is 1. The number of carbonyl (C=O) groups excluding carboxylic acids is 3. The third kappa shape index (κ3) is 5.44. The number of hydrogen-bond donors (Lipinski definition) is 2. The molecule has 10 nitrogen and oxygen atoms in total. The Morgan fingerprint density at radius 1 is 1.12 bits per heavy atom. The molecule has 1 aromatic carbocycles. The summed E-state index contributed by atoms with van der Waals surface area (Å²) in [5, 5.41) is 22.9. The molecule has 10 heteroatoms. The molecule has 4 aliphatic rings. The van der Waals surface area contributed by atoms with E-state index >= 15 is 0 Å². The van der Waals surface area contributed by atoms with E-state index < -0.39 is 47.2 Å². The van der Waals surface area contributed by atoms with E-state index in [0.717, 1.165) is 43.2 Å². The van der Waals surface area contributed by atoms with Gasteiger partial charge in [0.05, 0.1) is 11.0 Å². The van der Waals surface area contributed by atoms with Gasteiger partial charge in [0.1, 0.15) is 5.76 Å². The molecule has 2 aliphatic carbocycles. The van der Waals surface area contributed by atoms with Gasteiger partial charge in [0, 0.05) is 24.4 Å². The highest BCUT2D eigenvalue weighted by atomic mass is 16.6. The fourth-order valence-electron chi connectivity index (χ4n) is 7.35. The van der Waals surface area contributed by atoms with E-state index in [9.17, 15) is 24.6 Å². The summed E-state index contributed by atoms with van der Waals surface area (Å²) < 4.78 is 22.6. The molecule has 0 aromatic heterocycles. The zero-order valence-corrected chi connectivity index (χ0v) is 25.3. The van der Waals surface area contributed by atoms with Crippen molar-refractivity contribution in [2.24, 2.45) is 0 Å². The number of aliphatic hydroxyl groups is 1. The monoisotopic (exact) mass is 597 g/mol. The molecule has 2 N–H and O–H groups in total. The van der Waals surface area contributed by atoms with Gasteiger partial charge in [0.15, 0.2) is 29.8 Å². The lowest BCUT2D eigenvalue weighted by Crippen LogP contribution is -2.74. The molecule has 2 unspecified atom stereocenters. The van der Waals surface area contributed by atoms with Crippen LogP contribution in [0.2, 0.25) is 0 Å². The lowest BCUT2D eigenvalue weighted by atomic mass is 9.50. The molecule has 5 rings (SSSR count). The van der Waals surface area contributed by atoms with Gasteiger partial charge in [0.25, 0.3) is 0 Å². The molecular formula is C33H43NO9. The third-order valence-electron chi connectivity index (χ3n) is 9.63. The van der Waals surface area contributed by atoms with Crippen molar-refractivity contribution in [2.45, 2.75) is 113 Å². The first-order valence-electron chi connectivity index (χ1n) is 15.4. The molecule has 43 heavy (non-hydrogen) atoms. The van der Waals surface area contributed by atoms with Gasteiger partial charge in [-0.2, -0.15) is 0 Å². The molecule has 0 radical (unpaired) electrons. The highest BCUT2D eigenvalue weighted by Crippen LogP contribution is 2.65. The zero-order chi connectivity index (χ0) is 30.9. The Morgan fingerprint density at radius 3 is 2.60 bits per heavy atom. The van der Waals surface area contributed by atoms with Gasteiger partial charge < -0.3 is 34.1 Å². The molecule has 0 saturated carbocycles. The molecule has 6 atom stereocenters. The Balaban J connectivity index is 1.19. The Morgan fingerprint density at radius 2 is 1.84 bits per heavy atom. The number of likely N-dealkylation sites (tertiary alicyclic amines) is 1. The maximum absolute atomic E-state index is 13.1. The van der Waals surface area contributed by atoms with E-state index in [4.69, 9.17) is 18.9 Å². The summed E-state index contributed by atoms with van der Waals surface area (Å²) >= 11 is 0. The van der Waals surface area contributed by atoms with Gasteiger partial charge in [0.2, 0.25) is 0 Å². The normalized spacial score (nSPS) is 28.0. The Hall–Kier alpha value is -3.37. The fourth-order valence-corrected chi connectivity index (χ4v) is 7.35. The molecule has 234 valence electrons. The number of unbranched alkanes of at least 4 members (excludes halogenated alkanes) is 5. The number of benzene rings is 1. The second-order valence-corrected chi connectivity index (χ2v) is 12.3. The van der Waals surface area contributed by atoms with Crippen LogP contribution in [-0.2, 0) is 40.4 Å². The van der Waals surface area contributed by atoms with Crippen LogP contribution in [0.25, 0.3) is 0 Å². The predicted octanol–water partition coefficient (Wildman–Crippen LogP) is 3.99. The van der Waals surface area contributed by atoms with Crippen LogP contribution in [0, 0.1) is 0 Å². The lowest BCUT2D eigenvalue weighted by Gasteiger charge is -2.61. The van der Waals surface area contributed by atoms with Crippen molar-refractivity contribution < 1.29 is 43.5 Å². The molecule has 2 bridgehead atoms. The minimum atomic E-state index is -1.28. The number of hydrogen-bond acceptors (Lipinski definition) is 10. The highest BCUT2D eigenvalue weighted by Gasteiger charge is 2.72. The number of phenolic OH excluding ortho intramolecular Hbond substituents is 1. The minimum Gasteiger partial charge on any atom is -0.504 e. The maximum atomic E-state index is 13.1. The predicted molar refractivity (Wildman–Crippen MR) is 156 cm³/mol. The number of carbonyl (C=O) groups is 3. The number of piperidine rings is 1. The zero-order valence-electron chi connectivity index (χ0n) is 25.3. The van der Waals surface area contributed by atoms with E-state index in [0.29, 0.717) is 31.6 Å². The standard InChI is InChI=1S/C33H43NO9/c1-5-6-7-8-9-10-11-12-26(36)40-20(2)30(37)41-21(3)31(38)42-24-15-16-33(39)25-19-22-13-14-23(35)28-27(22)32(33,29(24)43-28)17-18-34(25)4/h5,13-15,20-21,25,29,35,39H,1,6-12,16-19H2,2-4H3/t20-,21+,25-,29?,32?,33-/m1/s1. The van der Waals surface area contributed by atoms with E-state index in [1.165, 1.54) is 13.8 Å². The summed E-state index contributed by atoms with van der Waals surface area (Å²) in [4.78, 5) is 40.1. The quantitative estimate of drug-likeness (QED) is 0.149. The van der Waals surface area contributed by atoms with E-state index in [1.54, 1.807) is 12.1 Å². The van der Waals surface area contributed by atoms with E-state index in [-0.39, 0.29) is 30.4 Å². The maximum Gasteiger partial charge on any atom is 0.352 e. The largest absolute Gasteiger partial charge is 0.504 e. The summed E-state index contributed by atoms with van der Waals surface area (Å²) in [7, 11) is 1.99. The summed E-state index contributed by atoms with van der Waals surface area (Å²) in [5.41, 5.74) is -0.299. The van der Waals surface area contributed by atoms with Crippen LogP contribution >= 0.6 is 0 Å². The van der Waals surface area contributed by atoms with Crippen molar-refractivity contribution in [3.05, 3.63) is 47.7 Å². The van der Waals surface area contributed by atoms with Crippen LogP contribution in [-0.4, -0.2) is 76.6 Å². The Kier molecular flexibility index (Phi) is 8.90. The number of rotatable bonds is 13. The van der Waals surface area contributed by atoms with Gasteiger partial charge in [-0.3, -0.25) is 4.79 Å². The lowest BCUT2D eigenvalue weighted by molar-refractivity contribution is -0.180. The first-order chi connectivity index (χ1) is 20.5. The van der Waals surface area contributed by atoms with Gasteiger partial charge in [-0.15, -0.1) is 6.58 Å². The van der Waals surface area contributed by atoms with Crippen molar-refractivity contribution >= 4 is 17.9 Å². The van der Waals surface area contributed by atoms with Gasteiger partial charge >= 0.3 is 17.9 Å². The van der Waals surface area contributed by atoms with Crippen molar-refractivity contribution in [2.75, 3.05) is 13.6 Å². The molecule has 1 fully saturated rings. The minimum absolute atomic E-state index is 0.0257. The molecule has 1 aromatic rings. The Bertz CT molecular complexity index is 1310. The summed E-state index contributed by atoms with van der Waals surface area (Å²) in [5.74, 6) is -1.65. The van der Waals surface area contributed by atoms with E-state index in [1.807, 2.05) is 19.2 Å². The summed E-state index contributed by atoms with van der Waals surface area (Å²) in [6.45, 7) is 7.20. The Labute approximate surface area is 252 Å². The van der Waals surface area contributed by atoms with Crippen LogP contribution in [0.1, 0.15) is 82.8 Å². The number of ether oxygens (including phenoxy) is 4. The number of aromatic hydroxyl groups is 1. The van der Waals surface area contributed by atoms with E-state index in [2.05, 4.69) is 11.5 Å². The number of allylic oxidation sites excluding steroid dienone is 1. The van der Waals surface area contributed by atoms with Crippen molar-refractivity contribution in [1.29, 1.82) is 0 Å². The van der Waals surface area contributed by atoms with Gasteiger partial charge in [-0.1, -0.05) is 31.4 Å². The van der Waals surface area contributed by atoms with Crippen molar-refractivity contribution in [3.63, 3.8) is 0 Å². The van der Waals surface area contributed by atoms with Crippen LogP contribution in [0.15, 0.2) is 36.6 Å². The van der Waals surface area contributed by atoms with Crippen LogP contribution in [0.4, 0.5) is 0 Å². The number of nitrogens with zero attached hydrogens (tertiary/aromatic N) is 1.